The van der Waals surface area contributed by atoms with Crippen LogP contribution in [0.5, 0.6) is 0 Å². The van der Waals surface area contributed by atoms with Crippen molar-refractivity contribution in [3.05, 3.63) is 0 Å². The van der Waals surface area contributed by atoms with Gasteiger partial charge >= 0.3 is 63.9 Å². The molecule has 86 valence electrons. The zero-order valence-electron chi connectivity index (χ0n) is 8.08. The average Bonchev–Trinajstić information content (AvgIpc) is 1.60. The Bertz CT molecular complexity index is 180. The molecule has 0 aliphatic heterocycles. The summed E-state index contributed by atoms with van der Waals surface area (Å²) in [6, 6.07) is 0. The van der Waals surface area contributed by atoms with Crippen LogP contribution in [0.25, 0.3) is 0 Å². The molecule has 0 amide bonds. The molecule has 1 atom stereocenters. The number of hydrogen-bond donors (Lipinski definition) is 3. The van der Waals surface area contributed by atoms with Crippen molar-refractivity contribution >= 4 is 24.6 Å². The fourth-order valence-electron chi connectivity index (χ4n) is 0.281. The Morgan fingerprint density at radius 1 is 1.29 bits per heavy atom. The van der Waals surface area contributed by atoms with Crippen molar-refractivity contribution in [2.75, 3.05) is 0 Å². The number of rotatable bonds is 3. The van der Waals surface area contributed by atoms with Crippen molar-refractivity contribution in [3.8, 4) is 0 Å². The first-order valence-corrected chi connectivity index (χ1v) is 2.65. The first-order valence-electron chi connectivity index (χ1n) is 2.24. The van der Waals surface area contributed by atoms with Crippen LogP contribution in [-0.2, 0) is 44.6 Å². The van der Waals surface area contributed by atoms with Gasteiger partial charge in [0.2, 0.25) is 0 Å². The van der Waals surface area contributed by atoms with Crippen LogP contribution in [0.1, 0.15) is 7.85 Å². The van der Waals surface area contributed by atoms with Gasteiger partial charge in [-0.2, -0.15) is 0 Å². The number of carbonyl (C=O) groups is 2. The molecule has 0 aliphatic rings. The Labute approximate surface area is 124 Å². The minimum absolute atomic E-state index is 0. The smallest absolute Gasteiger partial charge is 1.00 e. The molecule has 0 aromatic heterocycles. The zero-order chi connectivity index (χ0) is 8.36. The average molecular weight is 422 g/mol. The molecule has 7 nitrogen and oxygen atoms in total. The van der Waals surface area contributed by atoms with Gasteiger partial charge in [-0.1, -0.05) is 0 Å². The van der Waals surface area contributed by atoms with Gasteiger partial charge in [-0.25, -0.2) is 0 Å². The molecule has 0 bridgehead atoms. The van der Waals surface area contributed by atoms with E-state index in [4.69, 9.17) is 15.3 Å². The molecule has 0 heterocycles. The van der Waals surface area contributed by atoms with Crippen molar-refractivity contribution in [2.24, 2.45) is 0 Å². The van der Waals surface area contributed by atoms with Crippen LogP contribution in [0.2, 0.25) is 0 Å². The minimum atomic E-state index is -2.58. The normalized spacial score (nSPS) is 11.3. The Hall–Kier alpha value is 0.910. The van der Waals surface area contributed by atoms with Crippen molar-refractivity contribution in [1.82, 2.24) is 0 Å². The molecule has 10 heteroatoms. The van der Waals surface area contributed by atoms with E-state index >= 15 is 0 Å². The molecular formula is C4H10AuNaO7S. The van der Waals surface area contributed by atoms with Crippen molar-refractivity contribution in [3.63, 3.8) is 0 Å². The van der Waals surface area contributed by atoms with E-state index in [9.17, 15) is 9.59 Å². The third-order valence-electron chi connectivity index (χ3n) is 0.725. The summed E-state index contributed by atoms with van der Waals surface area (Å²) in [5.74, 6) is -3.16. The number of hydrogen-bond acceptors (Lipinski definition) is 4. The molecule has 0 fully saturated rings. The Kier molecular flexibility index (Phi) is 25.1. The molecule has 0 radical (unpaired) electrons. The maximum absolute atomic E-state index is 9.94. The van der Waals surface area contributed by atoms with Crippen LogP contribution < -0.4 is 29.6 Å². The second-order valence-electron chi connectivity index (χ2n) is 1.66. The SMILES string of the molecule is O.O.O=C(O)CC(O)([S-])C(=O)O.[Au+].[H-].[Na+]. The van der Waals surface area contributed by atoms with E-state index in [-0.39, 0.29) is 64.3 Å². The number of carboxylic acids is 2. The van der Waals surface area contributed by atoms with E-state index in [2.05, 4.69) is 12.6 Å². The van der Waals surface area contributed by atoms with Gasteiger partial charge in [0.25, 0.3) is 0 Å². The molecule has 0 aliphatic carbocycles. The predicted molar refractivity (Wildman–Crippen MR) is 40.5 cm³/mol. The van der Waals surface area contributed by atoms with Crippen LogP contribution in [0, 0.1) is 0 Å². The third-order valence-corrected chi connectivity index (χ3v) is 1.04. The third kappa shape index (κ3) is 12.9. The van der Waals surface area contributed by atoms with Gasteiger partial charge in [-0.05, 0) is 0 Å². The first kappa shape index (κ1) is 29.4. The standard InChI is InChI=1S/C4H6O5S.Au.Na.2H2O.H/c5-2(6)1-4(9,10)3(7)8;;;;;/h9-10H,1H2,(H,5,6)(H,7,8);;;2*1H2;/q;2*+1;;;-1/p-1. The maximum Gasteiger partial charge on any atom is 1.00 e. The van der Waals surface area contributed by atoms with Gasteiger partial charge in [0.05, 0.1) is 11.4 Å². The summed E-state index contributed by atoms with van der Waals surface area (Å²) < 4.78 is 0. The van der Waals surface area contributed by atoms with Gasteiger partial charge in [-0.15, -0.1) is 0 Å². The molecule has 0 spiro atoms. The van der Waals surface area contributed by atoms with E-state index in [1.54, 1.807) is 0 Å². The molecule has 0 saturated heterocycles. The Morgan fingerprint density at radius 3 is 1.64 bits per heavy atom. The summed E-state index contributed by atoms with van der Waals surface area (Å²) in [4.78, 5) is 17.2. The van der Waals surface area contributed by atoms with Gasteiger partial charge in [0.15, 0.2) is 0 Å². The first-order chi connectivity index (χ1) is 4.36. The molecule has 14 heavy (non-hydrogen) atoms. The summed E-state index contributed by atoms with van der Waals surface area (Å²) in [5, 5.41) is 24.7. The van der Waals surface area contributed by atoms with Crippen molar-refractivity contribution in [1.29, 1.82) is 0 Å². The fourth-order valence-corrected chi connectivity index (χ4v) is 0.404. The monoisotopic (exact) mass is 422 g/mol. The molecule has 0 rings (SSSR count). The summed E-state index contributed by atoms with van der Waals surface area (Å²) in [7, 11) is 0. The van der Waals surface area contributed by atoms with Gasteiger partial charge < -0.3 is 40.3 Å². The quantitative estimate of drug-likeness (QED) is 0.304. The second kappa shape index (κ2) is 12.0. The summed E-state index contributed by atoms with van der Waals surface area (Å²) in [6.07, 6.45) is -0.975. The van der Waals surface area contributed by atoms with E-state index in [1.807, 2.05) is 0 Å². The topological polar surface area (TPSA) is 158 Å². The van der Waals surface area contributed by atoms with E-state index < -0.39 is 23.3 Å². The van der Waals surface area contributed by atoms with E-state index in [0.717, 1.165) is 0 Å². The van der Waals surface area contributed by atoms with Crippen LogP contribution >= 0.6 is 0 Å². The zero-order valence-corrected chi connectivity index (χ0v) is 12.1. The van der Waals surface area contributed by atoms with Crippen LogP contribution in [0.3, 0.4) is 0 Å². The van der Waals surface area contributed by atoms with Gasteiger partial charge in [0.1, 0.15) is 0 Å². The fraction of sp³-hybridized carbons (Fsp3) is 0.500. The molecular weight excluding hydrogens is 412 g/mol. The van der Waals surface area contributed by atoms with Gasteiger partial charge in [-0.3, -0.25) is 9.59 Å². The van der Waals surface area contributed by atoms with Crippen LogP contribution in [0.15, 0.2) is 0 Å². The number of aliphatic carboxylic acids is 2. The van der Waals surface area contributed by atoms with Crippen LogP contribution in [0.4, 0.5) is 0 Å². The molecule has 1 unspecified atom stereocenters. The van der Waals surface area contributed by atoms with E-state index in [1.165, 1.54) is 0 Å². The molecule has 0 aromatic rings. The molecule has 7 N–H and O–H groups in total. The van der Waals surface area contributed by atoms with Crippen LogP contribution in [-0.4, -0.2) is 43.1 Å². The van der Waals surface area contributed by atoms with E-state index in [0.29, 0.717) is 0 Å². The number of carboxylic acid groups (broad SMARTS) is 2. The second-order valence-corrected chi connectivity index (χ2v) is 2.34. The van der Waals surface area contributed by atoms with Gasteiger partial charge in [0, 0.05) is 0 Å². The summed E-state index contributed by atoms with van der Waals surface area (Å²) >= 11 is 4.02. The van der Waals surface area contributed by atoms with Crippen molar-refractivity contribution in [2.45, 2.75) is 11.4 Å². The maximum atomic E-state index is 9.94. The summed E-state index contributed by atoms with van der Waals surface area (Å²) in [5.41, 5.74) is 0. The van der Waals surface area contributed by atoms with Crippen molar-refractivity contribution < 1.29 is 89.2 Å². The predicted octanol–water partition coefficient (Wildman–Crippen LogP) is -5.75. The molecule has 0 aromatic carbocycles. The Morgan fingerprint density at radius 2 is 1.57 bits per heavy atom. The minimum Gasteiger partial charge on any atom is -1.00 e. The Balaban J connectivity index is -0.0000000405. The summed E-state index contributed by atoms with van der Waals surface area (Å²) in [6.45, 7) is 0. The number of aliphatic hydroxyl groups is 1. The largest absolute Gasteiger partial charge is 1.00 e. The molecule has 0 saturated carbocycles.